The van der Waals surface area contributed by atoms with Crippen LogP contribution in [0.15, 0.2) is 37.1 Å². The van der Waals surface area contributed by atoms with E-state index in [9.17, 15) is 4.79 Å². The standard InChI is InChI=1S/C15H21N5O/c21-15(18-8-11-19-10-7-17-12-19)14-2-1-9-20(14)13-3-5-16-6-4-13/h1-2,7,9-10,12-13,16H,3-6,8,11H2,(H,18,21). The summed E-state index contributed by atoms with van der Waals surface area (Å²) in [4.78, 5) is 16.3. The largest absolute Gasteiger partial charge is 0.349 e. The van der Waals surface area contributed by atoms with Crippen molar-refractivity contribution in [1.29, 1.82) is 0 Å². The van der Waals surface area contributed by atoms with Crippen LogP contribution in [0.2, 0.25) is 0 Å². The second kappa shape index (κ2) is 6.58. The summed E-state index contributed by atoms with van der Waals surface area (Å²) >= 11 is 0. The number of amides is 1. The Morgan fingerprint density at radius 1 is 1.38 bits per heavy atom. The monoisotopic (exact) mass is 287 g/mol. The van der Waals surface area contributed by atoms with Crippen molar-refractivity contribution in [1.82, 2.24) is 24.8 Å². The third-order valence-electron chi connectivity index (χ3n) is 3.93. The fourth-order valence-corrected chi connectivity index (χ4v) is 2.80. The van der Waals surface area contributed by atoms with E-state index in [0.717, 1.165) is 38.2 Å². The molecule has 2 aromatic rings. The summed E-state index contributed by atoms with van der Waals surface area (Å²) in [5.41, 5.74) is 0.757. The third kappa shape index (κ3) is 3.33. The van der Waals surface area contributed by atoms with Crippen LogP contribution >= 0.6 is 0 Å². The topological polar surface area (TPSA) is 63.9 Å². The van der Waals surface area contributed by atoms with E-state index < -0.39 is 0 Å². The smallest absolute Gasteiger partial charge is 0.267 e. The number of nitrogens with zero attached hydrogens (tertiary/aromatic N) is 3. The molecule has 1 saturated heterocycles. The van der Waals surface area contributed by atoms with Crippen molar-refractivity contribution < 1.29 is 4.79 Å². The molecule has 21 heavy (non-hydrogen) atoms. The first-order valence-electron chi connectivity index (χ1n) is 7.46. The van der Waals surface area contributed by atoms with Gasteiger partial charge in [-0.05, 0) is 38.1 Å². The van der Waals surface area contributed by atoms with Crippen LogP contribution in [-0.2, 0) is 6.54 Å². The fraction of sp³-hybridized carbons (Fsp3) is 0.467. The lowest BCUT2D eigenvalue weighted by Gasteiger charge is -2.25. The molecule has 0 bridgehead atoms. The Balaban J connectivity index is 1.58. The Labute approximate surface area is 124 Å². The van der Waals surface area contributed by atoms with Crippen LogP contribution in [0, 0.1) is 0 Å². The molecule has 1 aliphatic rings. The van der Waals surface area contributed by atoms with Gasteiger partial charge in [0.1, 0.15) is 5.69 Å². The number of hydrogen-bond acceptors (Lipinski definition) is 3. The molecule has 0 radical (unpaired) electrons. The van der Waals surface area contributed by atoms with E-state index in [1.807, 2.05) is 29.1 Å². The molecule has 0 aliphatic carbocycles. The maximum Gasteiger partial charge on any atom is 0.267 e. The molecule has 6 heteroatoms. The number of piperidine rings is 1. The minimum Gasteiger partial charge on any atom is -0.349 e. The third-order valence-corrected chi connectivity index (χ3v) is 3.93. The van der Waals surface area contributed by atoms with Crippen LogP contribution in [-0.4, -0.2) is 39.7 Å². The minimum atomic E-state index is -0.00125. The molecule has 112 valence electrons. The van der Waals surface area contributed by atoms with E-state index in [4.69, 9.17) is 0 Å². The molecule has 3 rings (SSSR count). The van der Waals surface area contributed by atoms with Gasteiger partial charge in [0.05, 0.1) is 6.33 Å². The summed E-state index contributed by atoms with van der Waals surface area (Å²) in [6, 6.07) is 4.28. The van der Waals surface area contributed by atoms with Crippen LogP contribution in [0.5, 0.6) is 0 Å². The van der Waals surface area contributed by atoms with Gasteiger partial charge < -0.3 is 19.8 Å². The zero-order chi connectivity index (χ0) is 14.5. The Morgan fingerprint density at radius 3 is 3.00 bits per heavy atom. The number of nitrogens with one attached hydrogen (secondary N) is 2. The van der Waals surface area contributed by atoms with Crippen molar-refractivity contribution in [3.63, 3.8) is 0 Å². The van der Waals surface area contributed by atoms with Crippen LogP contribution in [0.3, 0.4) is 0 Å². The molecule has 0 aromatic carbocycles. The van der Waals surface area contributed by atoms with E-state index in [1.165, 1.54) is 0 Å². The second-order valence-corrected chi connectivity index (χ2v) is 5.34. The molecule has 2 aromatic heterocycles. The van der Waals surface area contributed by atoms with Gasteiger partial charge in [0.25, 0.3) is 5.91 Å². The highest BCUT2D eigenvalue weighted by Crippen LogP contribution is 2.21. The Bertz CT molecular complexity index is 569. The van der Waals surface area contributed by atoms with Gasteiger partial charge in [-0.15, -0.1) is 0 Å². The van der Waals surface area contributed by atoms with E-state index in [2.05, 4.69) is 20.2 Å². The van der Waals surface area contributed by atoms with Crippen molar-refractivity contribution >= 4 is 5.91 Å². The van der Waals surface area contributed by atoms with E-state index in [-0.39, 0.29) is 5.91 Å². The number of carbonyl (C=O) groups excluding carboxylic acids is 1. The second-order valence-electron chi connectivity index (χ2n) is 5.34. The van der Waals surface area contributed by atoms with Crippen molar-refractivity contribution in [2.45, 2.75) is 25.4 Å². The van der Waals surface area contributed by atoms with Crippen LogP contribution < -0.4 is 10.6 Å². The minimum absolute atomic E-state index is 0.00125. The maximum atomic E-state index is 12.3. The lowest BCUT2D eigenvalue weighted by atomic mass is 10.1. The van der Waals surface area contributed by atoms with Crippen molar-refractivity contribution in [3.05, 3.63) is 42.7 Å². The average Bonchev–Trinajstić information content (AvgIpc) is 3.19. The normalized spacial score (nSPS) is 16.0. The molecule has 1 amide bonds. The Hall–Kier alpha value is -2.08. The zero-order valence-corrected chi connectivity index (χ0v) is 12.0. The van der Waals surface area contributed by atoms with Gasteiger partial charge in [0, 0.05) is 37.7 Å². The molecule has 6 nitrogen and oxygen atoms in total. The number of aromatic nitrogens is 3. The number of carbonyl (C=O) groups is 1. The van der Waals surface area contributed by atoms with Crippen molar-refractivity contribution in [2.24, 2.45) is 0 Å². The van der Waals surface area contributed by atoms with E-state index >= 15 is 0 Å². The fourth-order valence-electron chi connectivity index (χ4n) is 2.80. The first kappa shape index (κ1) is 13.9. The highest BCUT2D eigenvalue weighted by atomic mass is 16.1. The molecular weight excluding hydrogens is 266 g/mol. The number of imidazole rings is 1. The van der Waals surface area contributed by atoms with Crippen LogP contribution in [0.4, 0.5) is 0 Å². The SMILES string of the molecule is O=C(NCCn1ccnc1)c1cccn1C1CCNCC1. The van der Waals surface area contributed by atoms with Gasteiger partial charge in [-0.1, -0.05) is 0 Å². The molecule has 3 heterocycles. The predicted molar refractivity (Wildman–Crippen MR) is 80.1 cm³/mol. The molecule has 1 aliphatic heterocycles. The van der Waals surface area contributed by atoms with Gasteiger partial charge >= 0.3 is 0 Å². The Kier molecular flexibility index (Phi) is 4.35. The first-order chi connectivity index (χ1) is 10.3. The van der Waals surface area contributed by atoms with Crippen molar-refractivity contribution in [2.75, 3.05) is 19.6 Å². The number of rotatable bonds is 5. The van der Waals surface area contributed by atoms with E-state index in [0.29, 0.717) is 12.6 Å². The maximum absolute atomic E-state index is 12.3. The van der Waals surface area contributed by atoms with Gasteiger partial charge in [-0.2, -0.15) is 0 Å². The summed E-state index contributed by atoms with van der Waals surface area (Å²) in [7, 11) is 0. The highest BCUT2D eigenvalue weighted by molar-refractivity contribution is 5.92. The first-order valence-corrected chi connectivity index (χ1v) is 7.46. The average molecular weight is 287 g/mol. The zero-order valence-electron chi connectivity index (χ0n) is 12.0. The van der Waals surface area contributed by atoms with Gasteiger partial charge in [0.2, 0.25) is 0 Å². The summed E-state index contributed by atoms with van der Waals surface area (Å²) in [5, 5.41) is 6.33. The highest BCUT2D eigenvalue weighted by Gasteiger charge is 2.19. The molecule has 0 unspecified atom stereocenters. The molecule has 1 fully saturated rings. The van der Waals surface area contributed by atoms with Gasteiger partial charge in [-0.3, -0.25) is 4.79 Å². The summed E-state index contributed by atoms with van der Waals surface area (Å²) < 4.78 is 4.07. The molecule has 0 spiro atoms. The Morgan fingerprint density at radius 2 is 2.24 bits per heavy atom. The van der Waals surface area contributed by atoms with Gasteiger partial charge in [0.15, 0.2) is 0 Å². The van der Waals surface area contributed by atoms with Gasteiger partial charge in [-0.25, -0.2) is 4.98 Å². The molecular formula is C15H21N5O. The summed E-state index contributed by atoms with van der Waals surface area (Å²) in [6.07, 6.45) is 9.55. The molecule has 0 atom stereocenters. The number of hydrogen-bond donors (Lipinski definition) is 2. The van der Waals surface area contributed by atoms with E-state index in [1.54, 1.807) is 12.5 Å². The predicted octanol–water partition coefficient (Wildman–Crippen LogP) is 1.04. The lowest BCUT2D eigenvalue weighted by Crippen LogP contribution is -2.33. The van der Waals surface area contributed by atoms with Crippen LogP contribution in [0.25, 0.3) is 0 Å². The quantitative estimate of drug-likeness (QED) is 0.863. The molecule has 2 N–H and O–H groups in total. The molecule has 0 saturated carbocycles. The van der Waals surface area contributed by atoms with Crippen LogP contribution in [0.1, 0.15) is 29.4 Å². The lowest BCUT2D eigenvalue weighted by molar-refractivity contribution is 0.0939. The summed E-state index contributed by atoms with van der Waals surface area (Å²) in [6.45, 7) is 3.38. The van der Waals surface area contributed by atoms with Crippen molar-refractivity contribution in [3.8, 4) is 0 Å². The summed E-state index contributed by atoms with van der Waals surface area (Å²) in [5.74, 6) is -0.00125.